The van der Waals surface area contributed by atoms with Crippen molar-refractivity contribution < 1.29 is 38.2 Å². The number of unbranched alkanes of at least 4 members (excludes halogenated alkanes) is 1. The summed E-state index contributed by atoms with van der Waals surface area (Å²) in [7, 11) is 1.23. The van der Waals surface area contributed by atoms with Crippen LogP contribution in [0, 0.1) is 0 Å². The molecule has 0 heterocycles. The normalized spacial score (nSPS) is 10.9. The van der Waals surface area contributed by atoms with Crippen molar-refractivity contribution in [2.24, 2.45) is 0 Å². The molecule has 178 valence electrons. The summed E-state index contributed by atoms with van der Waals surface area (Å²) in [6.45, 7) is 4.29. The second kappa shape index (κ2) is 17.8. The zero-order valence-corrected chi connectivity index (χ0v) is 18.4. The van der Waals surface area contributed by atoms with Crippen LogP contribution in [0.25, 0.3) is 0 Å². The van der Waals surface area contributed by atoms with Crippen molar-refractivity contribution in [3.63, 3.8) is 0 Å². The number of amides is 4. The van der Waals surface area contributed by atoms with E-state index >= 15 is 0 Å². The molecule has 0 aliphatic heterocycles. The molecule has 0 bridgehead atoms. The third-order valence-corrected chi connectivity index (χ3v) is 3.84. The first kappa shape index (κ1) is 27.9. The Balaban J connectivity index is 4.08. The highest BCUT2D eigenvalue weighted by Gasteiger charge is 2.20. The predicted octanol–water partition coefficient (Wildman–Crippen LogP) is 0.203. The molecule has 0 spiro atoms. The van der Waals surface area contributed by atoms with Gasteiger partial charge in [0.1, 0.15) is 12.6 Å². The molecule has 0 rings (SSSR count). The molecule has 4 N–H and O–H groups in total. The molecular weight excluding hydrogens is 412 g/mol. The van der Waals surface area contributed by atoms with Gasteiger partial charge < -0.3 is 35.5 Å². The second-order valence-electron chi connectivity index (χ2n) is 6.29. The number of urea groups is 2. The van der Waals surface area contributed by atoms with E-state index in [1.165, 1.54) is 7.11 Å². The fourth-order valence-corrected chi connectivity index (χ4v) is 2.37. The lowest BCUT2D eigenvalue weighted by atomic mass is 10.1. The van der Waals surface area contributed by atoms with Crippen molar-refractivity contribution in [2.75, 3.05) is 40.0 Å². The van der Waals surface area contributed by atoms with Gasteiger partial charge in [0.2, 0.25) is 0 Å². The highest BCUT2D eigenvalue weighted by molar-refractivity contribution is 5.83. The highest BCUT2D eigenvalue weighted by Crippen LogP contribution is 2.03. The molecule has 0 fully saturated rings. The average Bonchev–Trinajstić information content (AvgIpc) is 2.74. The van der Waals surface area contributed by atoms with Crippen molar-refractivity contribution in [3.05, 3.63) is 0 Å². The van der Waals surface area contributed by atoms with E-state index in [1.807, 2.05) is 0 Å². The van der Waals surface area contributed by atoms with E-state index in [9.17, 15) is 24.0 Å². The van der Waals surface area contributed by atoms with Crippen LogP contribution < -0.4 is 21.3 Å². The largest absolute Gasteiger partial charge is 0.467 e. The Kier molecular flexibility index (Phi) is 16.0. The number of methoxy groups -OCH3 is 1. The van der Waals surface area contributed by atoms with Crippen LogP contribution in [0.15, 0.2) is 0 Å². The van der Waals surface area contributed by atoms with Gasteiger partial charge in [0.25, 0.3) is 0 Å². The molecule has 31 heavy (non-hydrogen) atoms. The van der Waals surface area contributed by atoms with Crippen LogP contribution >= 0.6 is 0 Å². The minimum atomic E-state index is -0.840. The third-order valence-electron chi connectivity index (χ3n) is 3.84. The molecule has 0 aliphatic carbocycles. The van der Waals surface area contributed by atoms with Gasteiger partial charge in [-0.05, 0) is 39.5 Å². The van der Waals surface area contributed by atoms with Gasteiger partial charge in [-0.2, -0.15) is 0 Å². The molecule has 0 saturated carbocycles. The molecule has 1 unspecified atom stereocenters. The van der Waals surface area contributed by atoms with Crippen LogP contribution in [-0.4, -0.2) is 76.0 Å². The Labute approximate surface area is 182 Å². The first-order chi connectivity index (χ1) is 14.8. The summed E-state index contributed by atoms with van der Waals surface area (Å²) in [5, 5.41) is 10.0. The summed E-state index contributed by atoms with van der Waals surface area (Å²) in [4.78, 5) is 57.8. The lowest BCUT2D eigenvalue weighted by Crippen LogP contribution is -2.46. The molecule has 1 atom stereocenters. The van der Waals surface area contributed by atoms with Gasteiger partial charge in [0.15, 0.2) is 0 Å². The van der Waals surface area contributed by atoms with Gasteiger partial charge in [-0.3, -0.25) is 9.59 Å². The monoisotopic (exact) mass is 446 g/mol. The second-order valence-corrected chi connectivity index (χ2v) is 6.29. The Morgan fingerprint density at radius 2 is 1.39 bits per heavy atom. The van der Waals surface area contributed by atoms with Crippen LogP contribution in [-0.2, 0) is 28.6 Å². The first-order valence-electron chi connectivity index (χ1n) is 10.3. The molecule has 0 aliphatic rings. The first-order valence-corrected chi connectivity index (χ1v) is 10.3. The SMILES string of the molecule is CCOC(=O)CCCNC(=O)NC(CCCCNC(=O)NCC(=O)OCC)C(=O)OC. The van der Waals surface area contributed by atoms with Crippen LogP contribution in [0.2, 0.25) is 0 Å². The van der Waals surface area contributed by atoms with Crippen LogP contribution in [0.1, 0.15) is 46.0 Å². The summed E-state index contributed by atoms with van der Waals surface area (Å²) in [6, 6.07) is -1.89. The van der Waals surface area contributed by atoms with Gasteiger partial charge in [0, 0.05) is 19.5 Å². The maximum absolute atomic E-state index is 11.9. The van der Waals surface area contributed by atoms with Crippen molar-refractivity contribution in [2.45, 2.75) is 52.0 Å². The Hall–Kier alpha value is -3.05. The number of rotatable bonds is 15. The number of ether oxygens (including phenoxy) is 3. The molecule has 0 aromatic rings. The van der Waals surface area contributed by atoms with Crippen LogP contribution in [0.3, 0.4) is 0 Å². The minimum absolute atomic E-state index is 0.189. The number of esters is 3. The van der Waals surface area contributed by atoms with Crippen molar-refractivity contribution in [3.8, 4) is 0 Å². The number of hydrogen-bond donors (Lipinski definition) is 4. The number of carbonyl (C=O) groups is 5. The van der Waals surface area contributed by atoms with Crippen molar-refractivity contribution in [1.82, 2.24) is 21.3 Å². The minimum Gasteiger partial charge on any atom is -0.467 e. The van der Waals surface area contributed by atoms with E-state index in [0.29, 0.717) is 38.8 Å². The van der Waals surface area contributed by atoms with E-state index in [4.69, 9.17) is 14.2 Å². The van der Waals surface area contributed by atoms with Gasteiger partial charge >= 0.3 is 30.0 Å². The molecule has 4 amide bonds. The molecule has 0 aromatic carbocycles. The topological polar surface area (TPSA) is 161 Å². The van der Waals surface area contributed by atoms with E-state index in [2.05, 4.69) is 21.3 Å². The zero-order valence-electron chi connectivity index (χ0n) is 18.4. The van der Waals surface area contributed by atoms with Crippen molar-refractivity contribution >= 4 is 30.0 Å². The van der Waals surface area contributed by atoms with Gasteiger partial charge in [-0.15, -0.1) is 0 Å². The lowest BCUT2D eigenvalue weighted by Gasteiger charge is -2.17. The number of hydrogen-bond acceptors (Lipinski definition) is 8. The maximum Gasteiger partial charge on any atom is 0.328 e. The lowest BCUT2D eigenvalue weighted by molar-refractivity contribution is -0.143. The van der Waals surface area contributed by atoms with E-state index in [-0.39, 0.29) is 32.1 Å². The fraction of sp³-hybridized carbons (Fsp3) is 0.737. The quantitative estimate of drug-likeness (QED) is 0.158. The summed E-state index contributed by atoms with van der Waals surface area (Å²) >= 11 is 0. The van der Waals surface area contributed by atoms with E-state index in [1.54, 1.807) is 13.8 Å². The summed E-state index contributed by atoms with van der Waals surface area (Å²) in [6.07, 6.45) is 1.99. The van der Waals surface area contributed by atoms with E-state index < -0.39 is 30.0 Å². The maximum atomic E-state index is 11.9. The molecule has 0 radical (unpaired) electrons. The van der Waals surface area contributed by atoms with Crippen LogP contribution in [0.5, 0.6) is 0 Å². The molecular formula is C19H34N4O8. The van der Waals surface area contributed by atoms with Gasteiger partial charge in [0.05, 0.1) is 20.3 Å². The van der Waals surface area contributed by atoms with Gasteiger partial charge in [-0.25, -0.2) is 14.4 Å². The average molecular weight is 447 g/mol. The fourth-order valence-electron chi connectivity index (χ4n) is 2.37. The Morgan fingerprint density at radius 1 is 0.774 bits per heavy atom. The van der Waals surface area contributed by atoms with Crippen molar-refractivity contribution in [1.29, 1.82) is 0 Å². The summed E-state index contributed by atoms with van der Waals surface area (Å²) < 4.78 is 14.2. The summed E-state index contributed by atoms with van der Waals surface area (Å²) in [5.74, 6) is -1.44. The molecule has 12 nitrogen and oxygen atoms in total. The Morgan fingerprint density at radius 3 is 2.03 bits per heavy atom. The standard InChI is InChI=1S/C19H34N4O8/c1-4-30-15(24)10-8-12-21-19(28)23-14(17(26)29-3)9-6-7-11-20-18(27)22-13-16(25)31-5-2/h14H,4-13H2,1-3H3,(H2,20,22,27)(H2,21,23,28). The zero-order chi connectivity index (χ0) is 23.5. The number of nitrogens with one attached hydrogen (secondary N) is 4. The smallest absolute Gasteiger partial charge is 0.328 e. The molecule has 0 saturated heterocycles. The highest BCUT2D eigenvalue weighted by atomic mass is 16.5. The summed E-state index contributed by atoms with van der Waals surface area (Å²) in [5.41, 5.74) is 0. The third kappa shape index (κ3) is 15.5. The van der Waals surface area contributed by atoms with Crippen LogP contribution in [0.4, 0.5) is 9.59 Å². The molecule has 0 aromatic heterocycles. The van der Waals surface area contributed by atoms with E-state index in [0.717, 1.165) is 0 Å². The number of carbonyl (C=O) groups excluding carboxylic acids is 5. The molecule has 12 heteroatoms. The predicted molar refractivity (Wildman–Crippen MR) is 110 cm³/mol. The van der Waals surface area contributed by atoms with Gasteiger partial charge in [-0.1, -0.05) is 0 Å². The Bertz CT molecular complexity index is 585.